The van der Waals surface area contributed by atoms with E-state index in [1.54, 1.807) is 42.5 Å². The molecule has 1 aromatic heterocycles. The van der Waals surface area contributed by atoms with E-state index in [9.17, 15) is 22.8 Å². The molecule has 2 saturated carbocycles. The van der Waals surface area contributed by atoms with Crippen molar-refractivity contribution in [1.29, 1.82) is 0 Å². The highest BCUT2D eigenvalue weighted by Crippen LogP contribution is 2.30. The van der Waals surface area contributed by atoms with Gasteiger partial charge in [-0.2, -0.15) is 5.21 Å². The van der Waals surface area contributed by atoms with E-state index < -0.39 is 27.8 Å². The number of sulfonamides is 1. The first kappa shape index (κ1) is 37.6. The number of H-pyrrole nitrogens is 1. The molecule has 280 valence electrons. The van der Waals surface area contributed by atoms with Crippen molar-refractivity contribution in [1.82, 2.24) is 36.0 Å². The summed E-state index contributed by atoms with van der Waals surface area (Å²) in [6.07, 6.45) is 4.19. The van der Waals surface area contributed by atoms with Gasteiger partial charge in [-0.1, -0.05) is 36.4 Å². The van der Waals surface area contributed by atoms with E-state index in [4.69, 9.17) is 4.74 Å². The lowest BCUT2D eigenvalue weighted by Gasteiger charge is -2.29. The molecule has 3 aromatic carbocycles. The van der Waals surface area contributed by atoms with Crippen molar-refractivity contribution in [2.24, 2.45) is 11.8 Å². The van der Waals surface area contributed by atoms with Gasteiger partial charge in [0.1, 0.15) is 11.6 Å². The molecule has 2 aliphatic rings. The lowest BCUT2D eigenvalue weighted by molar-refractivity contribution is -0.130. The van der Waals surface area contributed by atoms with Crippen LogP contribution in [0.25, 0.3) is 22.5 Å². The zero-order valence-corrected chi connectivity index (χ0v) is 30.9. The van der Waals surface area contributed by atoms with Crippen molar-refractivity contribution in [2.75, 3.05) is 11.9 Å². The van der Waals surface area contributed by atoms with Gasteiger partial charge in [-0.25, -0.2) is 17.9 Å². The fourth-order valence-corrected chi connectivity index (χ4v) is 7.68. The van der Waals surface area contributed by atoms with Gasteiger partial charge >= 0.3 is 6.09 Å². The summed E-state index contributed by atoms with van der Waals surface area (Å²) < 4.78 is 33.9. The van der Waals surface area contributed by atoms with Crippen molar-refractivity contribution in [2.45, 2.75) is 88.3 Å². The maximum absolute atomic E-state index is 13.9. The molecular weight excluding hydrogens is 697 g/mol. The Morgan fingerprint density at radius 3 is 2.25 bits per heavy atom. The first-order chi connectivity index (χ1) is 25.3. The maximum atomic E-state index is 13.9. The minimum Gasteiger partial charge on any atom is -0.444 e. The topological polar surface area (TPSA) is 197 Å². The molecule has 0 radical (unpaired) electrons. The monoisotopic (exact) mass is 742 g/mol. The van der Waals surface area contributed by atoms with E-state index in [-0.39, 0.29) is 41.0 Å². The molecule has 0 bridgehead atoms. The summed E-state index contributed by atoms with van der Waals surface area (Å²) >= 11 is 0. The quantitative estimate of drug-likeness (QED) is 0.126. The second kappa shape index (κ2) is 16.3. The van der Waals surface area contributed by atoms with Gasteiger partial charge < -0.3 is 20.7 Å². The Bertz CT molecular complexity index is 2000. The SMILES string of the molecule is CC(C)(C)OC(=O)NCC1CCC(C(=O)N[C@@H](Cc2cccc(-c3cccc(S(=O)(=O)NC4CC4)c3)c2)C(=O)Nc2ccc(-c3nn[nH]n3)cc2)CC1. The van der Waals surface area contributed by atoms with Gasteiger partial charge in [0.05, 0.1) is 4.90 Å². The molecule has 15 heteroatoms. The van der Waals surface area contributed by atoms with Crippen LogP contribution in [0.15, 0.2) is 77.7 Å². The van der Waals surface area contributed by atoms with Crippen molar-refractivity contribution >= 4 is 33.6 Å². The highest BCUT2D eigenvalue weighted by Gasteiger charge is 2.31. The number of anilines is 1. The van der Waals surface area contributed by atoms with Crippen LogP contribution in [0.4, 0.5) is 10.5 Å². The van der Waals surface area contributed by atoms with Crippen LogP contribution in [0.3, 0.4) is 0 Å². The second-order valence-electron chi connectivity index (χ2n) is 14.8. The predicted octanol–water partition coefficient (Wildman–Crippen LogP) is 4.97. The number of hydrogen-bond acceptors (Lipinski definition) is 9. The molecule has 0 saturated heterocycles. The van der Waals surface area contributed by atoms with Gasteiger partial charge in [0.25, 0.3) is 0 Å². The van der Waals surface area contributed by atoms with Gasteiger partial charge in [0.15, 0.2) is 0 Å². The van der Waals surface area contributed by atoms with Gasteiger partial charge in [0, 0.05) is 36.2 Å². The van der Waals surface area contributed by atoms with Gasteiger partial charge in [-0.3, -0.25) is 9.59 Å². The summed E-state index contributed by atoms with van der Waals surface area (Å²) in [4.78, 5) is 39.9. The molecule has 2 aliphatic carbocycles. The average Bonchev–Trinajstić information content (AvgIpc) is 3.76. The summed E-state index contributed by atoms with van der Waals surface area (Å²) in [5, 5.41) is 22.8. The van der Waals surface area contributed by atoms with Crippen LogP contribution in [0.5, 0.6) is 0 Å². The highest BCUT2D eigenvalue weighted by molar-refractivity contribution is 7.89. The van der Waals surface area contributed by atoms with E-state index in [1.807, 2.05) is 51.1 Å². The summed E-state index contributed by atoms with van der Waals surface area (Å²) in [6, 6.07) is 20.4. The Balaban J connectivity index is 1.14. The van der Waals surface area contributed by atoms with Crippen molar-refractivity contribution in [3.63, 3.8) is 0 Å². The molecule has 14 nitrogen and oxygen atoms in total. The van der Waals surface area contributed by atoms with Crippen molar-refractivity contribution in [3.8, 4) is 22.5 Å². The summed E-state index contributed by atoms with van der Waals surface area (Å²) in [5.74, 6) is -0.219. The van der Waals surface area contributed by atoms with Gasteiger partial charge in [0.2, 0.25) is 27.7 Å². The number of benzene rings is 3. The molecule has 6 rings (SSSR count). The third kappa shape index (κ3) is 10.7. The number of aromatic amines is 1. The Hall–Kier alpha value is -5.15. The van der Waals surface area contributed by atoms with Crippen LogP contribution in [0, 0.1) is 11.8 Å². The van der Waals surface area contributed by atoms with Gasteiger partial charge in [-0.05, 0) is 124 Å². The van der Waals surface area contributed by atoms with Crippen LogP contribution in [-0.2, 0) is 30.8 Å². The molecule has 2 fully saturated rings. The largest absolute Gasteiger partial charge is 0.444 e. The Morgan fingerprint density at radius 1 is 0.887 bits per heavy atom. The molecule has 0 unspecified atom stereocenters. The number of alkyl carbamates (subject to hydrolysis) is 1. The van der Waals surface area contributed by atoms with Crippen LogP contribution in [0.2, 0.25) is 0 Å². The summed E-state index contributed by atoms with van der Waals surface area (Å²) in [7, 11) is -3.64. The van der Waals surface area contributed by atoms with Crippen molar-refractivity contribution < 1.29 is 27.5 Å². The molecule has 0 spiro atoms. The van der Waals surface area contributed by atoms with Crippen molar-refractivity contribution in [3.05, 3.63) is 78.4 Å². The molecule has 1 atom stereocenters. The minimum absolute atomic E-state index is 0.00937. The minimum atomic E-state index is -3.64. The Morgan fingerprint density at radius 2 is 1.58 bits per heavy atom. The number of nitrogens with one attached hydrogen (secondary N) is 5. The number of hydrogen-bond donors (Lipinski definition) is 5. The lowest BCUT2D eigenvalue weighted by Crippen LogP contribution is -2.48. The molecule has 53 heavy (non-hydrogen) atoms. The molecule has 1 heterocycles. The molecular formula is C38H46N8O6S. The maximum Gasteiger partial charge on any atom is 0.407 e. The number of tetrazole rings is 1. The van der Waals surface area contributed by atoms with Crippen LogP contribution >= 0.6 is 0 Å². The van der Waals surface area contributed by atoms with Crippen LogP contribution in [0.1, 0.15) is 64.9 Å². The van der Waals surface area contributed by atoms with Gasteiger partial charge in [-0.15, -0.1) is 10.2 Å². The van der Waals surface area contributed by atoms with Crippen LogP contribution in [-0.4, -0.2) is 71.2 Å². The number of carbonyl (C=O) groups excluding carboxylic acids is 3. The van der Waals surface area contributed by atoms with E-state index in [1.165, 1.54) is 0 Å². The Kier molecular flexibility index (Phi) is 11.5. The predicted molar refractivity (Wildman–Crippen MR) is 199 cm³/mol. The van der Waals surface area contributed by atoms with E-state index in [2.05, 4.69) is 41.3 Å². The van der Waals surface area contributed by atoms with E-state index in [0.29, 0.717) is 30.9 Å². The molecule has 5 N–H and O–H groups in total. The lowest BCUT2D eigenvalue weighted by atomic mass is 9.81. The fraction of sp³-hybridized carbons (Fsp3) is 0.421. The standard InChI is InChI=1S/C38H46N8O6S/c1-38(2,3)52-37(49)39-23-24-10-12-27(13-11-24)35(47)41-33(36(48)40-30-16-14-26(15-17-30)34-42-45-46-43-34)21-25-6-4-7-28(20-25)29-8-5-9-32(22-29)53(50,51)44-31-18-19-31/h4-9,14-17,20,22,24,27,31,33,44H,10-13,18-19,21,23H2,1-3H3,(H,39,49)(H,40,48)(H,41,47)(H,42,43,45,46)/t24?,27?,33-/m0/s1. The third-order valence-corrected chi connectivity index (χ3v) is 10.8. The fourth-order valence-electron chi connectivity index (χ4n) is 6.33. The smallest absolute Gasteiger partial charge is 0.407 e. The first-order valence-electron chi connectivity index (χ1n) is 17.9. The number of carbonyl (C=O) groups is 3. The first-order valence-corrected chi connectivity index (χ1v) is 19.4. The van der Waals surface area contributed by atoms with E-state index >= 15 is 0 Å². The Labute approximate surface area is 309 Å². The zero-order chi connectivity index (χ0) is 37.6. The average molecular weight is 743 g/mol. The van der Waals surface area contributed by atoms with E-state index in [0.717, 1.165) is 47.9 Å². The number of aromatic nitrogens is 4. The zero-order valence-electron chi connectivity index (χ0n) is 30.1. The molecule has 0 aliphatic heterocycles. The number of nitrogens with zero attached hydrogens (tertiary/aromatic N) is 3. The summed E-state index contributed by atoms with van der Waals surface area (Å²) in [6.45, 7) is 5.92. The molecule has 3 amide bonds. The number of ether oxygens (including phenoxy) is 1. The normalized spacial score (nSPS) is 18.1. The summed E-state index contributed by atoms with van der Waals surface area (Å²) in [5.41, 5.74) is 2.96. The second-order valence-corrected chi connectivity index (χ2v) is 16.5. The number of rotatable bonds is 13. The number of amides is 3. The molecule has 4 aromatic rings. The third-order valence-electron chi connectivity index (χ3n) is 9.28. The highest BCUT2D eigenvalue weighted by atomic mass is 32.2. The van der Waals surface area contributed by atoms with Crippen LogP contribution < -0.4 is 20.7 Å².